The summed E-state index contributed by atoms with van der Waals surface area (Å²) in [6, 6.07) is 13.6. The largest absolute Gasteiger partial charge is 0.493 e. The molecule has 3 aromatic rings. The van der Waals surface area contributed by atoms with Gasteiger partial charge in [-0.05, 0) is 24.1 Å². The molecule has 0 saturated carbocycles. The number of hydrogen-bond donors (Lipinski definition) is 1. The van der Waals surface area contributed by atoms with Crippen LogP contribution < -0.4 is 14.9 Å². The molecule has 0 spiro atoms. The molecule has 0 amide bonds. The second-order valence-electron chi connectivity index (χ2n) is 5.66. The molecule has 1 aromatic heterocycles. The number of halogens is 1. The molecule has 0 unspecified atom stereocenters. The van der Waals surface area contributed by atoms with E-state index in [1.54, 1.807) is 19.4 Å². The summed E-state index contributed by atoms with van der Waals surface area (Å²) < 4.78 is 11.0. The highest BCUT2D eigenvalue weighted by Gasteiger charge is 2.11. The summed E-state index contributed by atoms with van der Waals surface area (Å²) in [5, 5.41) is 7.44. The summed E-state index contributed by atoms with van der Waals surface area (Å²) in [4.78, 5) is 4.53. The number of rotatable bonds is 8. The lowest BCUT2D eigenvalue weighted by Crippen LogP contribution is -2.00. The Morgan fingerprint density at radius 2 is 2.07 bits per heavy atom. The van der Waals surface area contributed by atoms with Gasteiger partial charge in [-0.1, -0.05) is 48.9 Å². The molecule has 0 radical (unpaired) electrons. The number of nitrogens with zero attached hydrogens (tertiary/aromatic N) is 2. The zero-order valence-electron chi connectivity index (χ0n) is 15.1. The molecule has 0 saturated heterocycles. The van der Waals surface area contributed by atoms with Crippen molar-refractivity contribution in [1.82, 2.24) is 4.98 Å². The van der Waals surface area contributed by atoms with Gasteiger partial charge >= 0.3 is 0 Å². The van der Waals surface area contributed by atoms with Crippen molar-refractivity contribution in [3.05, 3.63) is 58.4 Å². The van der Waals surface area contributed by atoms with E-state index >= 15 is 0 Å². The molecule has 0 bridgehead atoms. The van der Waals surface area contributed by atoms with Gasteiger partial charge in [-0.3, -0.25) is 5.43 Å². The van der Waals surface area contributed by atoms with Gasteiger partial charge in [0.25, 0.3) is 0 Å². The van der Waals surface area contributed by atoms with Crippen LogP contribution in [0.25, 0.3) is 11.3 Å². The van der Waals surface area contributed by atoms with Crippen LogP contribution >= 0.6 is 22.9 Å². The number of hydrazone groups is 1. The van der Waals surface area contributed by atoms with Crippen LogP contribution in [0.1, 0.15) is 18.9 Å². The van der Waals surface area contributed by atoms with Crippen LogP contribution in [0.15, 0.2) is 52.9 Å². The van der Waals surface area contributed by atoms with Gasteiger partial charge in [0.15, 0.2) is 11.5 Å². The second-order valence-corrected chi connectivity index (χ2v) is 6.92. The minimum atomic E-state index is 0.491. The van der Waals surface area contributed by atoms with Crippen molar-refractivity contribution in [2.75, 3.05) is 19.1 Å². The van der Waals surface area contributed by atoms with Crippen molar-refractivity contribution >= 4 is 34.3 Å². The summed E-state index contributed by atoms with van der Waals surface area (Å²) in [6.45, 7) is 2.62. The molecule has 0 aliphatic heterocycles. The van der Waals surface area contributed by atoms with Crippen molar-refractivity contribution in [3.8, 4) is 22.8 Å². The van der Waals surface area contributed by atoms with E-state index in [1.165, 1.54) is 11.3 Å². The number of hydrogen-bond acceptors (Lipinski definition) is 6. The lowest BCUT2D eigenvalue weighted by molar-refractivity contribution is 0.294. The third-order valence-electron chi connectivity index (χ3n) is 3.65. The topological polar surface area (TPSA) is 55.7 Å². The molecular weight excluding hydrogens is 382 g/mol. The third kappa shape index (κ3) is 4.99. The van der Waals surface area contributed by atoms with E-state index in [-0.39, 0.29) is 0 Å². The van der Waals surface area contributed by atoms with Gasteiger partial charge in [0.1, 0.15) is 0 Å². The highest BCUT2D eigenvalue weighted by Crippen LogP contribution is 2.36. The molecule has 2 aromatic carbocycles. The minimum Gasteiger partial charge on any atom is -0.493 e. The Morgan fingerprint density at radius 1 is 1.26 bits per heavy atom. The van der Waals surface area contributed by atoms with Gasteiger partial charge < -0.3 is 9.47 Å². The quantitative estimate of drug-likeness (QED) is 0.388. The van der Waals surface area contributed by atoms with Crippen molar-refractivity contribution in [1.29, 1.82) is 0 Å². The summed E-state index contributed by atoms with van der Waals surface area (Å²) in [6.07, 6.45) is 2.56. The van der Waals surface area contributed by atoms with Crippen molar-refractivity contribution in [2.24, 2.45) is 5.10 Å². The molecule has 27 heavy (non-hydrogen) atoms. The van der Waals surface area contributed by atoms with Gasteiger partial charge in [0, 0.05) is 10.9 Å². The average molecular weight is 402 g/mol. The standard InChI is InChI=1S/C20H20ClN3O2S/c1-3-9-26-19-16(21)10-14(11-18(19)25-2)12-22-24-20-23-17(13-27-20)15-7-5-4-6-8-15/h4-8,10-13H,3,9H2,1-2H3,(H,23,24). The molecule has 0 fully saturated rings. The summed E-state index contributed by atoms with van der Waals surface area (Å²) in [5.41, 5.74) is 5.74. The van der Waals surface area contributed by atoms with E-state index < -0.39 is 0 Å². The molecule has 3 rings (SSSR count). The third-order valence-corrected chi connectivity index (χ3v) is 4.68. The highest BCUT2D eigenvalue weighted by atomic mass is 35.5. The normalized spacial score (nSPS) is 10.9. The number of aromatic nitrogens is 1. The van der Waals surface area contributed by atoms with Crippen LogP contribution in [-0.4, -0.2) is 24.9 Å². The fraction of sp³-hybridized carbons (Fsp3) is 0.200. The Hall–Kier alpha value is -2.57. The molecule has 5 nitrogen and oxygen atoms in total. The van der Waals surface area contributed by atoms with Crippen molar-refractivity contribution in [2.45, 2.75) is 13.3 Å². The Morgan fingerprint density at radius 3 is 2.81 bits per heavy atom. The first-order valence-electron chi connectivity index (χ1n) is 8.51. The maximum Gasteiger partial charge on any atom is 0.203 e. The first kappa shape index (κ1) is 19.2. The van der Waals surface area contributed by atoms with Gasteiger partial charge in [-0.25, -0.2) is 4.98 Å². The number of thiazole rings is 1. The van der Waals surface area contributed by atoms with E-state index in [0.29, 0.717) is 28.3 Å². The Labute approximate surface area is 167 Å². The summed E-state index contributed by atoms with van der Waals surface area (Å²) >= 11 is 7.81. The maximum atomic E-state index is 6.32. The predicted molar refractivity (Wildman–Crippen MR) is 113 cm³/mol. The zero-order valence-corrected chi connectivity index (χ0v) is 16.7. The van der Waals surface area contributed by atoms with E-state index in [4.69, 9.17) is 21.1 Å². The average Bonchev–Trinajstić information content (AvgIpc) is 3.16. The lowest BCUT2D eigenvalue weighted by Gasteiger charge is -2.12. The minimum absolute atomic E-state index is 0.491. The first-order chi connectivity index (χ1) is 13.2. The molecule has 140 valence electrons. The lowest BCUT2D eigenvalue weighted by atomic mass is 10.2. The molecule has 0 aliphatic carbocycles. The molecule has 7 heteroatoms. The maximum absolute atomic E-state index is 6.32. The van der Waals surface area contributed by atoms with Crippen molar-refractivity contribution < 1.29 is 9.47 Å². The molecule has 1 heterocycles. The van der Waals surface area contributed by atoms with Gasteiger partial charge in [-0.2, -0.15) is 5.10 Å². The Balaban J connectivity index is 1.69. The highest BCUT2D eigenvalue weighted by molar-refractivity contribution is 7.14. The molecule has 0 atom stereocenters. The fourth-order valence-electron chi connectivity index (χ4n) is 2.39. The van der Waals surface area contributed by atoms with E-state index in [9.17, 15) is 0 Å². The molecule has 0 aliphatic rings. The van der Waals surface area contributed by atoms with Crippen molar-refractivity contribution in [3.63, 3.8) is 0 Å². The fourth-order valence-corrected chi connectivity index (χ4v) is 3.33. The van der Waals surface area contributed by atoms with E-state index in [2.05, 4.69) is 15.5 Å². The zero-order chi connectivity index (χ0) is 19.1. The van der Waals surface area contributed by atoms with Crippen LogP contribution in [0.4, 0.5) is 5.13 Å². The van der Waals surface area contributed by atoms with Gasteiger partial charge in [0.2, 0.25) is 5.13 Å². The van der Waals surface area contributed by atoms with E-state index in [0.717, 1.165) is 23.2 Å². The van der Waals surface area contributed by atoms with Crippen LogP contribution in [0.5, 0.6) is 11.5 Å². The van der Waals surface area contributed by atoms with E-state index in [1.807, 2.05) is 48.7 Å². The first-order valence-corrected chi connectivity index (χ1v) is 9.77. The van der Waals surface area contributed by atoms with Gasteiger partial charge in [-0.15, -0.1) is 11.3 Å². The number of anilines is 1. The number of nitrogens with one attached hydrogen (secondary N) is 1. The molecular formula is C20H20ClN3O2S. The predicted octanol–water partition coefficient (Wildman–Crippen LogP) is 5.71. The monoisotopic (exact) mass is 401 g/mol. The van der Waals surface area contributed by atoms with Crippen LogP contribution in [0.2, 0.25) is 5.02 Å². The molecule has 1 N–H and O–H groups in total. The van der Waals surface area contributed by atoms with Gasteiger partial charge in [0.05, 0.1) is 30.6 Å². The summed E-state index contributed by atoms with van der Waals surface area (Å²) in [5.74, 6) is 1.14. The Bertz CT molecular complexity index is 913. The number of ether oxygens (including phenoxy) is 2. The van der Waals surface area contributed by atoms with Crippen LogP contribution in [0.3, 0.4) is 0 Å². The van der Waals surface area contributed by atoms with Crippen LogP contribution in [-0.2, 0) is 0 Å². The van der Waals surface area contributed by atoms with Crippen LogP contribution in [0, 0.1) is 0 Å². The number of benzene rings is 2. The second kappa shape index (κ2) is 9.39. The Kier molecular flexibility index (Phi) is 6.68. The number of methoxy groups -OCH3 is 1. The SMILES string of the molecule is CCCOc1c(Cl)cc(C=NNc2nc(-c3ccccc3)cs2)cc1OC. The summed E-state index contributed by atoms with van der Waals surface area (Å²) in [7, 11) is 1.59. The smallest absolute Gasteiger partial charge is 0.203 e.